The quantitative estimate of drug-likeness (QED) is 0.528. The van der Waals surface area contributed by atoms with Crippen LogP contribution in [0.25, 0.3) is 0 Å². The summed E-state index contributed by atoms with van der Waals surface area (Å²) in [6.07, 6.45) is 3.88. The van der Waals surface area contributed by atoms with E-state index >= 15 is 0 Å². The smallest absolute Gasteiger partial charge is 0.323 e. The standard InChI is InChI=1S/C19H21NO8S/c1-11-12(7-8-13-17(22)27-19(2,3)28-18(13)23)15(29(4,24)25)14(26-11)16(21)20-9-5-6-10-20/h5-6,9-10,13H,7-8H2,1-4H3. The summed E-state index contributed by atoms with van der Waals surface area (Å²) in [7, 11) is -3.84. The molecule has 0 saturated carbocycles. The zero-order chi connectivity index (χ0) is 21.6. The SMILES string of the molecule is Cc1oc(C(=O)n2cccc2)c(S(C)(=O)=O)c1CCC1C(=O)OC(C)(C)OC1=O. The van der Waals surface area contributed by atoms with Crippen molar-refractivity contribution in [2.75, 3.05) is 6.26 Å². The summed E-state index contributed by atoms with van der Waals surface area (Å²) in [4.78, 5) is 36.7. The van der Waals surface area contributed by atoms with Crippen LogP contribution in [0.4, 0.5) is 0 Å². The molecule has 0 unspecified atom stereocenters. The molecule has 0 aliphatic carbocycles. The van der Waals surface area contributed by atoms with Gasteiger partial charge in [0.15, 0.2) is 15.8 Å². The molecule has 0 aromatic carbocycles. The van der Waals surface area contributed by atoms with Crippen LogP contribution in [0.1, 0.15) is 42.1 Å². The second-order valence-corrected chi connectivity index (χ2v) is 9.25. The predicted octanol–water partition coefficient (Wildman–Crippen LogP) is 1.87. The highest BCUT2D eigenvalue weighted by molar-refractivity contribution is 7.90. The Balaban J connectivity index is 1.93. The van der Waals surface area contributed by atoms with E-state index in [1.54, 1.807) is 12.1 Å². The molecule has 9 nitrogen and oxygen atoms in total. The summed E-state index contributed by atoms with van der Waals surface area (Å²) < 4.78 is 41.7. The van der Waals surface area contributed by atoms with Gasteiger partial charge in [-0.3, -0.25) is 19.0 Å². The molecule has 3 heterocycles. The van der Waals surface area contributed by atoms with E-state index in [1.807, 2.05) is 0 Å². The number of aryl methyl sites for hydroxylation is 1. The fourth-order valence-electron chi connectivity index (χ4n) is 3.24. The number of hydrogen-bond acceptors (Lipinski definition) is 8. The monoisotopic (exact) mass is 423 g/mol. The molecule has 0 N–H and O–H groups in total. The number of carbonyl (C=O) groups excluding carboxylic acids is 3. The summed E-state index contributed by atoms with van der Waals surface area (Å²) in [6.45, 7) is 4.41. The summed E-state index contributed by atoms with van der Waals surface area (Å²) in [5.41, 5.74) is 0.244. The summed E-state index contributed by atoms with van der Waals surface area (Å²) in [5.74, 6) is -4.74. The van der Waals surface area contributed by atoms with E-state index in [1.165, 1.54) is 37.7 Å². The molecule has 0 bridgehead atoms. The lowest BCUT2D eigenvalue weighted by atomic mass is 9.98. The molecule has 29 heavy (non-hydrogen) atoms. The third-order valence-electron chi connectivity index (χ3n) is 4.51. The molecule has 0 radical (unpaired) electrons. The number of rotatable bonds is 5. The molecule has 1 fully saturated rings. The first kappa shape index (κ1) is 20.8. The fourth-order valence-corrected chi connectivity index (χ4v) is 4.39. The van der Waals surface area contributed by atoms with Crippen LogP contribution >= 0.6 is 0 Å². The maximum Gasteiger partial charge on any atom is 0.323 e. The molecule has 1 saturated heterocycles. The van der Waals surface area contributed by atoms with Crippen LogP contribution in [0.3, 0.4) is 0 Å². The van der Waals surface area contributed by atoms with E-state index in [4.69, 9.17) is 13.9 Å². The zero-order valence-electron chi connectivity index (χ0n) is 16.4. The maximum absolute atomic E-state index is 12.7. The molecule has 0 spiro atoms. The lowest BCUT2D eigenvalue weighted by Crippen LogP contribution is -2.46. The number of carbonyl (C=O) groups is 3. The van der Waals surface area contributed by atoms with Gasteiger partial charge in [0, 0.05) is 38.1 Å². The first-order valence-corrected chi connectivity index (χ1v) is 10.8. The Morgan fingerprint density at radius 2 is 1.69 bits per heavy atom. The summed E-state index contributed by atoms with van der Waals surface area (Å²) in [6, 6.07) is 3.24. The third kappa shape index (κ3) is 4.12. The predicted molar refractivity (Wildman–Crippen MR) is 98.8 cm³/mol. The average molecular weight is 423 g/mol. The second kappa shape index (κ2) is 7.18. The van der Waals surface area contributed by atoms with Crippen molar-refractivity contribution in [3.63, 3.8) is 0 Å². The average Bonchev–Trinajstić information content (AvgIpc) is 3.20. The number of ether oxygens (including phenoxy) is 2. The molecular weight excluding hydrogens is 402 g/mol. The first-order valence-electron chi connectivity index (χ1n) is 8.86. The maximum atomic E-state index is 12.7. The lowest BCUT2D eigenvalue weighted by molar-refractivity contribution is -0.240. The van der Waals surface area contributed by atoms with Crippen LogP contribution in [0.5, 0.6) is 0 Å². The van der Waals surface area contributed by atoms with E-state index in [0.717, 1.165) is 6.26 Å². The summed E-state index contributed by atoms with van der Waals surface area (Å²) >= 11 is 0. The van der Waals surface area contributed by atoms with Crippen LogP contribution in [0.2, 0.25) is 0 Å². The van der Waals surface area contributed by atoms with Crippen LogP contribution < -0.4 is 0 Å². The number of hydrogen-bond donors (Lipinski definition) is 0. The van der Waals surface area contributed by atoms with Crippen LogP contribution in [-0.2, 0) is 35.3 Å². The molecule has 10 heteroatoms. The zero-order valence-corrected chi connectivity index (χ0v) is 17.2. The Hall–Kier alpha value is -2.88. The largest absolute Gasteiger partial charge is 0.454 e. The number of furan rings is 1. The Morgan fingerprint density at radius 3 is 2.21 bits per heavy atom. The minimum absolute atomic E-state index is 0.00594. The third-order valence-corrected chi connectivity index (χ3v) is 5.68. The van der Waals surface area contributed by atoms with Crippen LogP contribution in [0.15, 0.2) is 33.8 Å². The van der Waals surface area contributed by atoms with Gasteiger partial charge in [0.05, 0.1) is 0 Å². The second-order valence-electron chi connectivity index (χ2n) is 7.30. The van der Waals surface area contributed by atoms with Crippen molar-refractivity contribution < 1.29 is 36.7 Å². The van der Waals surface area contributed by atoms with Crippen LogP contribution in [-0.4, -0.2) is 42.9 Å². The first-order chi connectivity index (χ1) is 13.4. The Kier molecular flexibility index (Phi) is 5.16. The molecule has 0 amide bonds. The normalized spacial score (nSPS) is 17.1. The van der Waals surface area contributed by atoms with Gasteiger partial charge >= 0.3 is 11.9 Å². The van der Waals surface area contributed by atoms with E-state index in [2.05, 4.69) is 0 Å². The van der Waals surface area contributed by atoms with Crippen molar-refractivity contribution in [1.29, 1.82) is 0 Å². The molecule has 1 aliphatic heterocycles. The van der Waals surface area contributed by atoms with Gasteiger partial charge in [-0.05, 0) is 31.9 Å². The Morgan fingerprint density at radius 1 is 1.14 bits per heavy atom. The van der Waals surface area contributed by atoms with Crippen molar-refractivity contribution in [3.8, 4) is 0 Å². The van der Waals surface area contributed by atoms with E-state index in [9.17, 15) is 22.8 Å². The number of nitrogens with zero attached hydrogens (tertiary/aromatic N) is 1. The van der Waals surface area contributed by atoms with Crippen molar-refractivity contribution >= 4 is 27.7 Å². The van der Waals surface area contributed by atoms with Crippen molar-refractivity contribution in [2.24, 2.45) is 5.92 Å². The van der Waals surface area contributed by atoms with E-state index < -0.39 is 39.4 Å². The van der Waals surface area contributed by atoms with Crippen LogP contribution in [0, 0.1) is 12.8 Å². The molecule has 3 rings (SSSR count). The number of esters is 2. The lowest BCUT2D eigenvalue weighted by Gasteiger charge is -2.32. The van der Waals surface area contributed by atoms with Gasteiger partial charge in [-0.1, -0.05) is 0 Å². The van der Waals surface area contributed by atoms with Gasteiger partial charge in [0.2, 0.25) is 5.76 Å². The number of sulfone groups is 1. The summed E-state index contributed by atoms with van der Waals surface area (Å²) in [5, 5.41) is 0. The van der Waals surface area contributed by atoms with Crippen molar-refractivity contribution in [3.05, 3.63) is 41.6 Å². The molecule has 156 valence electrons. The molecule has 1 aliphatic rings. The van der Waals surface area contributed by atoms with E-state index in [0.29, 0.717) is 0 Å². The van der Waals surface area contributed by atoms with Crippen molar-refractivity contribution in [2.45, 2.75) is 44.3 Å². The van der Waals surface area contributed by atoms with Gasteiger partial charge in [0.1, 0.15) is 10.7 Å². The highest BCUT2D eigenvalue weighted by Crippen LogP contribution is 2.32. The molecule has 2 aromatic heterocycles. The van der Waals surface area contributed by atoms with Gasteiger partial charge in [-0.25, -0.2) is 8.42 Å². The van der Waals surface area contributed by atoms with Gasteiger partial charge < -0.3 is 13.9 Å². The van der Waals surface area contributed by atoms with Crippen molar-refractivity contribution in [1.82, 2.24) is 4.57 Å². The molecular formula is C19H21NO8S. The number of aromatic nitrogens is 1. The minimum atomic E-state index is -3.84. The van der Waals surface area contributed by atoms with Gasteiger partial charge in [-0.15, -0.1) is 0 Å². The highest BCUT2D eigenvalue weighted by Gasteiger charge is 2.43. The fraction of sp³-hybridized carbons (Fsp3) is 0.421. The number of cyclic esters (lactones) is 2. The molecule has 0 atom stereocenters. The topological polar surface area (TPSA) is 122 Å². The highest BCUT2D eigenvalue weighted by atomic mass is 32.2. The minimum Gasteiger partial charge on any atom is -0.454 e. The van der Waals surface area contributed by atoms with Gasteiger partial charge in [0.25, 0.3) is 11.7 Å². The molecule has 2 aromatic rings. The van der Waals surface area contributed by atoms with Gasteiger partial charge in [-0.2, -0.15) is 0 Å². The van der Waals surface area contributed by atoms with E-state index in [-0.39, 0.29) is 34.8 Å². The Bertz CT molecular complexity index is 1060. The Labute approximate surface area is 167 Å².